The van der Waals surface area contributed by atoms with Crippen molar-refractivity contribution in [1.29, 1.82) is 0 Å². The topological polar surface area (TPSA) is 15.3 Å². The highest BCUT2D eigenvalue weighted by atomic mass is 32.2. The lowest BCUT2D eigenvalue weighted by Crippen LogP contribution is -2.11. The Morgan fingerprint density at radius 2 is 0.981 bits per heavy atom. The highest BCUT2D eigenvalue weighted by molar-refractivity contribution is 8.00. The molecule has 0 bridgehead atoms. The van der Waals surface area contributed by atoms with Gasteiger partial charge in [0.15, 0.2) is 0 Å². The Balaban J connectivity index is 1.09. The molecule has 0 radical (unpaired) electrons. The van der Waals surface area contributed by atoms with Gasteiger partial charge in [-0.1, -0.05) is 157 Å². The summed E-state index contributed by atoms with van der Waals surface area (Å²) < 4.78 is 2.59. The van der Waals surface area contributed by atoms with Crippen LogP contribution in [0.15, 0.2) is 199 Å². The first-order chi connectivity index (χ1) is 26.2. The van der Waals surface area contributed by atoms with Crippen molar-refractivity contribution in [3.05, 3.63) is 200 Å². The second kappa shape index (κ2) is 13.5. The fourth-order valence-electron chi connectivity index (χ4n) is 7.46. The van der Waals surface area contributed by atoms with Gasteiger partial charge in [-0.3, -0.25) is 0 Å². The fourth-order valence-corrected chi connectivity index (χ4v) is 9.73. The van der Waals surface area contributed by atoms with E-state index in [1.807, 2.05) is 23.1 Å². The number of fused-ring (bicyclic) bond motifs is 4. The maximum absolute atomic E-state index is 3.77. The second-order valence-electron chi connectivity index (χ2n) is 13.4. The average Bonchev–Trinajstić information content (AvgIpc) is 3.82. The zero-order chi connectivity index (χ0) is 35.1. The number of thioether (sulfide) groups is 1. The Bertz CT molecular complexity index is 2700. The summed E-state index contributed by atoms with van der Waals surface area (Å²) in [5, 5.41) is 6.58. The SMILES string of the molecule is c1ccc(-c2ccc(-c3ccccc3N(c3ccc(-c4ccccc4)cc3)c3ccc4sc5cc6c(cc5c4c3)SC(c3ccccc3)N6)cc2)cc1. The minimum absolute atomic E-state index is 0.220. The van der Waals surface area contributed by atoms with E-state index < -0.39 is 0 Å². The highest BCUT2D eigenvalue weighted by Gasteiger charge is 2.25. The summed E-state index contributed by atoms with van der Waals surface area (Å²) >= 11 is 3.77. The molecule has 4 heteroatoms. The molecule has 1 aliphatic rings. The van der Waals surface area contributed by atoms with Crippen molar-refractivity contribution < 1.29 is 0 Å². The summed E-state index contributed by atoms with van der Waals surface area (Å²) in [5.74, 6) is 0. The van der Waals surface area contributed by atoms with Crippen LogP contribution in [0.5, 0.6) is 0 Å². The number of nitrogens with one attached hydrogen (secondary N) is 1. The van der Waals surface area contributed by atoms with E-state index >= 15 is 0 Å². The van der Waals surface area contributed by atoms with E-state index in [0.29, 0.717) is 0 Å². The summed E-state index contributed by atoms with van der Waals surface area (Å²) in [7, 11) is 0. The van der Waals surface area contributed by atoms with Gasteiger partial charge in [0.05, 0.1) is 11.4 Å². The van der Waals surface area contributed by atoms with Gasteiger partial charge in [0, 0.05) is 42.0 Å². The van der Waals surface area contributed by atoms with Crippen LogP contribution in [-0.2, 0) is 0 Å². The Hall–Kier alpha value is -6.07. The van der Waals surface area contributed by atoms with E-state index in [1.165, 1.54) is 69.7 Å². The van der Waals surface area contributed by atoms with Crippen LogP contribution in [-0.4, -0.2) is 0 Å². The number of anilines is 4. The van der Waals surface area contributed by atoms with E-state index in [4.69, 9.17) is 0 Å². The van der Waals surface area contributed by atoms with Crippen LogP contribution >= 0.6 is 23.1 Å². The molecule has 8 aromatic carbocycles. The van der Waals surface area contributed by atoms with Gasteiger partial charge in [-0.15, -0.1) is 11.3 Å². The molecule has 0 saturated carbocycles. The molecule has 1 N–H and O–H groups in total. The normalized spacial score (nSPS) is 13.5. The number of rotatable bonds is 7. The van der Waals surface area contributed by atoms with Gasteiger partial charge in [-0.05, 0) is 81.9 Å². The third-order valence-corrected chi connectivity index (χ3v) is 12.5. The molecule has 252 valence electrons. The first-order valence-electron chi connectivity index (χ1n) is 17.9. The molecule has 0 spiro atoms. The third-order valence-electron chi connectivity index (χ3n) is 10.1. The quantitative estimate of drug-likeness (QED) is 0.177. The van der Waals surface area contributed by atoms with Gasteiger partial charge >= 0.3 is 0 Å². The van der Waals surface area contributed by atoms with Gasteiger partial charge < -0.3 is 10.2 Å². The lowest BCUT2D eigenvalue weighted by Gasteiger charge is -2.28. The molecule has 1 aromatic heterocycles. The number of benzene rings is 8. The standard InChI is InChI=1S/C49H34N2S2/c1-4-12-33(13-5-1)35-20-22-37(23-21-35)41-18-10-11-19-45(41)51(39-26-24-36(25-27-39)34-14-6-2-7-15-34)40-28-29-46-42(30-40)43-31-48-44(32-47(43)52-46)50-49(53-48)38-16-8-3-9-17-38/h1-32,49-50H. The van der Waals surface area contributed by atoms with Crippen molar-refractivity contribution in [2.75, 3.05) is 10.2 Å². The fraction of sp³-hybridized carbons (Fsp3) is 0.0204. The Morgan fingerprint density at radius 1 is 0.434 bits per heavy atom. The first kappa shape index (κ1) is 31.6. The summed E-state index contributed by atoms with van der Waals surface area (Å²) in [6.45, 7) is 0. The maximum atomic E-state index is 3.77. The van der Waals surface area contributed by atoms with Crippen molar-refractivity contribution in [3.63, 3.8) is 0 Å². The molecular weight excluding hydrogens is 681 g/mol. The maximum Gasteiger partial charge on any atom is 0.103 e. The van der Waals surface area contributed by atoms with Crippen molar-refractivity contribution >= 4 is 66.0 Å². The van der Waals surface area contributed by atoms with Crippen LogP contribution in [0.4, 0.5) is 22.7 Å². The number of hydrogen-bond acceptors (Lipinski definition) is 4. The van der Waals surface area contributed by atoms with E-state index in [-0.39, 0.29) is 5.37 Å². The second-order valence-corrected chi connectivity index (χ2v) is 15.6. The van der Waals surface area contributed by atoms with Crippen LogP contribution < -0.4 is 10.2 Å². The van der Waals surface area contributed by atoms with Crippen molar-refractivity contribution in [3.8, 4) is 33.4 Å². The summed E-state index contributed by atoms with van der Waals surface area (Å²) in [6, 6.07) is 70.4. The van der Waals surface area contributed by atoms with Crippen molar-refractivity contribution in [2.45, 2.75) is 10.3 Å². The van der Waals surface area contributed by atoms with Crippen LogP contribution in [0.3, 0.4) is 0 Å². The average molecular weight is 715 g/mol. The largest absolute Gasteiger partial charge is 0.368 e. The molecule has 1 unspecified atom stereocenters. The molecule has 2 heterocycles. The van der Waals surface area contributed by atoms with Gasteiger partial charge in [0.1, 0.15) is 5.37 Å². The Labute approximate surface area is 318 Å². The molecule has 53 heavy (non-hydrogen) atoms. The number of thiophene rings is 1. The van der Waals surface area contributed by atoms with Gasteiger partial charge in [-0.25, -0.2) is 0 Å². The van der Waals surface area contributed by atoms with Crippen molar-refractivity contribution in [1.82, 2.24) is 0 Å². The minimum atomic E-state index is 0.220. The summed E-state index contributed by atoms with van der Waals surface area (Å²) in [5.41, 5.74) is 13.1. The molecule has 0 fully saturated rings. The lowest BCUT2D eigenvalue weighted by atomic mass is 9.98. The molecule has 0 saturated heterocycles. The molecule has 1 atom stereocenters. The first-order valence-corrected chi connectivity index (χ1v) is 19.6. The van der Waals surface area contributed by atoms with E-state index in [9.17, 15) is 0 Å². The molecule has 0 aliphatic carbocycles. The van der Waals surface area contributed by atoms with Gasteiger partial charge in [0.2, 0.25) is 0 Å². The lowest BCUT2D eigenvalue weighted by molar-refractivity contribution is 1.14. The molecule has 0 amide bonds. The van der Waals surface area contributed by atoms with Crippen LogP contribution in [0.25, 0.3) is 53.6 Å². The number of hydrogen-bond donors (Lipinski definition) is 1. The molecule has 2 nitrogen and oxygen atoms in total. The van der Waals surface area contributed by atoms with E-state index in [1.54, 1.807) is 0 Å². The Morgan fingerprint density at radius 3 is 1.68 bits per heavy atom. The molecule has 9 aromatic rings. The predicted molar refractivity (Wildman–Crippen MR) is 229 cm³/mol. The molecule has 1 aliphatic heterocycles. The Kier molecular flexibility index (Phi) is 8.05. The monoisotopic (exact) mass is 714 g/mol. The predicted octanol–water partition coefficient (Wildman–Crippen LogP) is 14.7. The van der Waals surface area contributed by atoms with E-state index in [0.717, 1.165) is 17.1 Å². The zero-order valence-corrected chi connectivity index (χ0v) is 30.4. The highest BCUT2D eigenvalue weighted by Crippen LogP contribution is 2.51. The van der Waals surface area contributed by atoms with Crippen molar-refractivity contribution in [2.24, 2.45) is 0 Å². The van der Waals surface area contributed by atoms with Gasteiger partial charge in [-0.2, -0.15) is 0 Å². The van der Waals surface area contributed by atoms with E-state index in [2.05, 4.69) is 204 Å². The van der Waals surface area contributed by atoms with Crippen LogP contribution in [0.1, 0.15) is 10.9 Å². The minimum Gasteiger partial charge on any atom is -0.368 e. The number of nitrogens with zero attached hydrogens (tertiary/aromatic N) is 1. The summed E-state index contributed by atoms with van der Waals surface area (Å²) in [4.78, 5) is 3.72. The number of para-hydroxylation sites is 1. The van der Waals surface area contributed by atoms with Gasteiger partial charge in [0.25, 0.3) is 0 Å². The third kappa shape index (κ3) is 5.96. The molecule has 10 rings (SSSR count). The zero-order valence-electron chi connectivity index (χ0n) is 28.8. The summed E-state index contributed by atoms with van der Waals surface area (Å²) in [6.07, 6.45) is 0. The van der Waals surface area contributed by atoms with Crippen LogP contribution in [0.2, 0.25) is 0 Å². The smallest absolute Gasteiger partial charge is 0.103 e. The molecular formula is C49H34N2S2. The van der Waals surface area contributed by atoms with Crippen LogP contribution in [0, 0.1) is 0 Å².